The fourth-order valence-electron chi connectivity index (χ4n) is 5.58. The first-order chi connectivity index (χ1) is 19.2. The monoisotopic (exact) mass is 551 g/mol. The van der Waals surface area contributed by atoms with Gasteiger partial charge in [-0.05, 0) is 55.0 Å². The van der Waals surface area contributed by atoms with E-state index in [2.05, 4.69) is 32.1 Å². The number of nitrogens with one attached hydrogen (secondary N) is 2. The molecule has 216 valence electrons. The summed E-state index contributed by atoms with van der Waals surface area (Å²) in [6, 6.07) is 7.49. The Morgan fingerprint density at radius 3 is 2.38 bits per heavy atom. The van der Waals surface area contributed by atoms with Crippen LogP contribution in [0.4, 0.5) is 5.69 Å². The Labute approximate surface area is 235 Å². The van der Waals surface area contributed by atoms with Gasteiger partial charge >= 0.3 is 0 Å². The molecular weight excluding hydrogens is 510 g/mol. The maximum Gasteiger partial charge on any atom is 0.249 e. The summed E-state index contributed by atoms with van der Waals surface area (Å²) in [7, 11) is 1.62. The number of hydrogen-bond acceptors (Lipinski definition) is 8. The Kier molecular flexibility index (Phi) is 9.81. The van der Waals surface area contributed by atoms with Gasteiger partial charge in [-0.15, -0.1) is 0 Å². The van der Waals surface area contributed by atoms with E-state index in [4.69, 9.17) is 16.2 Å². The molecule has 0 saturated carbocycles. The first kappa shape index (κ1) is 29.1. The predicted octanol–water partition coefficient (Wildman–Crippen LogP) is 1.22. The minimum Gasteiger partial charge on any atom is -0.513 e. The minimum absolute atomic E-state index is 0.140. The van der Waals surface area contributed by atoms with Crippen molar-refractivity contribution in [3.63, 3.8) is 0 Å². The molecule has 3 saturated heterocycles. The minimum atomic E-state index is -0.598. The molecular formula is C29H41N7O4. The number of piperidine rings is 2. The van der Waals surface area contributed by atoms with Crippen LogP contribution in [0.15, 0.2) is 48.4 Å². The summed E-state index contributed by atoms with van der Waals surface area (Å²) in [5.74, 6) is 0.217. The maximum atomic E-state index is 12.8. The summed E-state index contributed by atoms with van der Waals surface area (Å²) in [5.41, 5.74) is 7.83. The van der Waals surface area contributed by atoms with Gasteiger partial charge in [0.2, 0.25) is 17.7 Å². The van der Waals surface area contributed by atoms with Crippen LogP contribution in [0.2, 0.25) is 0 Å². The van der Waals surface area contributed by atoms with Crippen LogP contribution in [-0.4, -0.2) is 102 Å². The second kappa shape index (κ2) is 13.5. The molecule has 0 aliphatic carbocycles. The van der Waals surface area contributed by atoms with Crippen LogP contribution in [-0.2, 0) is 20.8 Å². The number of anilines is 1. The average Bonchev–Trinajstić information content (AvgIpc) is 2.96. The van der Waals surface area contributed by atoms with E-state index in [1.807, 2.05) is 12.1 Å². The zero-order chi connectivity index (χ0) is 28.6. The molecule has 1 unspecified atom stereocenters. The molecule has 1 aromatic carbocycles. The molecule has 1 aromatic rings. The summed E-state index contributed by atoms with van der Waals surface area (Å²) in [4.78, 5) is 44.6. The van der Waals surface area contributed by atoms with E-state index < -0.39 is 11.9 Å². The lowest BCUT2D eigenvalue weighted by Crippen LogP contribution is -2.53. The molecule has 11 nitrogen and oxygen atoms in total. The number of likely N-dealkylation sites (tertiary alicyclic amines) is 1. The van der Waals surface area contributed by atoms with Gasteiger partial charge < -0.3 is 25.5 Å². The summed E-state index contributed by atoms with van der Waals surface area (Å²) >= 11 is 0. The van der Waals surface area contributed by atoms with Crippen molar-refractivity contribution in [1.29, 1.82) is 5.41 Å². The van der Waals surface area contributed by atoms with Crippen molar-refractivity contribution < 1.29 is 19.5 Å². The third-order valence-corrected chi connectivity index (χ3v) is 8.15. The van der Waals surface area contributed by atoms with Gasteiger partial charge in [-0.25, -0.2) is 0 Å². The molecule has 0 aromatic heterocycles. The molecule has 4 rings (SSSR count). The molecule has 3 heterocycles. The predicted molar refractivity (Wildman–Crippen MR) is 154 cm³/mol. The van der Waals surface area contributed by atoms with Gasteiger partial charge in [0.15, 0.2) is 0 Å². The molecule has 0 spiro atoms. The molecule has 3 aliphatic rings. The lowest BCUT2D eigenvalue weighted by Gasteiger charge is -2.40. The van der Waals surface area contributed by atoms with Crippen molar-refractivity contribution in [3.05, 3.63) is 53.9 Å². The van der Waals surface area contributed by atoms with Crippen LogP contribution in [0, 0.1) is 11.3 Å². The number of carbonyl (C=O) groups is 3. The SMILES string of the molecule is CN(C(=O)Cc1ccc(N2CCN(CC3CCN(C(=N)C=CC(N)=CO)CC3)CC2)cc1)C1CCC(=O)NC1=O. The average molecular weight is 552 g/mol. The number of nitrogens with two attached hydrogens (primary N) is 1. The summed E-state index contributed by atoms with van der Waals surface area (Å²) in [6.07, 6.45) is 6.95. The number of rotatable bonds is 8. The van der Waals surface area contributed by atoms with Crippen molar-refractivity contribution in [2.45, 2.75) is 38.1 Å². The Morgan fingerprint density at radius 1 is 1.07 bits per heavy atom. The third kappa shape index (κ3) is 7.62. The molecule has 3 amide bonds. The fourth-order valence-corrected chi connectivity index (χ4v) is 5.58. The van der Waals surface area contributed by atoms with Crippen LogP contribution >= 0.6 is 0 Å². The van der Waals surface area contributed by atoms with Gasteiger partial charge in [-0.2, -0.15) is 0 Å². The number of nitrogens with zero attached hydrogens (tertiary/aromatic N) is 4. The number of aliphatic hydroxyl groups excluding tert-OH is 1. The Morgan fingerprint density at radius 2 is 1.75 bits per heavy atom. The topological polar surface area (TPSA) is 146 Å². The number of allylic oxidation sites excluding steroid dienone is 1. The first-order valence-corrected chi connectivity index (χ1v) is 14.0. The quantitative estimate of drug-likeness (QED) is 0.124. The highest BCUT2D eigenvalue weighted by Gasteiger charge is 2.32. The molecule has 3 aliphatic heterocycles. The maximum absolute atomic E-state index is 12.8. The Balaban J connectivity index is 1.18. The standard InChI is InChI=1S/C29H41N7O4/c1-33(25-7-9-27(38)32-29(25)40)28(39)18-21-2-5-24(6-3-21)35-16-14-34(15-17-35)19-22-10-12-36(13-11-22)26(31)8-4-23(30)20-37/h2-6,8,20,22,25,31,37H,7,9-19,30H2,1H3,(H,32,38,40). The smallest absolute Gasteiger partial charge is 0.249 e. The van der Waals surface area contributed by atoms with Crippen LogP contribution in [0.3, 0.4) is 0 Å². The van der Waals surface area contributed by atoms with Gasteiger partial charge in [0, 0.05) is 65.0 Å². The van der Waals surface area contributed by atoms with Crippen LogP contribution < -0.4 is 16.0 Å². The van der Waals surface area contributed by atoms with Crippen LogP contribution in [0.1, 0.15) is 31.2 Å². The molecule has 11 heteroatoms. The van der Waals surface area contributed by atoms with Crippen molar-refractivity contribution in [3.8, 4) is 0 Å². The Hall–Kier alpha value is -3.86. The number of likely N-dealkylation sites (N-methyl/N-ethyl adjacent to an activating group) is 1. The summed E-state index contributed by atoms with van der Waals surface area (Å²) in [5, 5.41) is 19.4. The summed E-state index contributed by atoms with van der Waals surface area (Å²) < 4.78 is 0. The number of piperazine rings is 1. The van der Waals surface area contributed by atoms with Gasteiger partial charge in [-0.3, -0.25) is 30.0 Å². The number of aliphatic hydroxyl groups is 1. The zero-order valence-electron chi connectivity index (χ0n) is 23.2. The largest absolute Gasteiger partial charge is 0.513 e. The molecule has 0 radical (unpaired) electrons. The van der Waals surface area contributed by atoms with Gasteiger partial charge in [0.1, 0.15) is 18.1 Å². The second-order valence-corrected chi connectivity index (χ2v) is 10.9. The second-order valence-electron chi connectivity index (χ2n) is 10.9. The molecule has 1 atom stereocenters. The van der Waals surface area contributed by atoms with Gasteiger partial charge in [0.25, 0.3) is 0 Å². The number of carbonyl (C=O) groups excluding carboxylic acids is 3. The first-order valence-electron chi connectivity index (χ1n) is 14.0. The lowest BCUT2D eigenvalue weighted by molar-refractivity contribution is -0.144. The number of amidine groups is 1. The molecule has 3 fully saturated rings. The molecule has 5 N–H and O–H groups in total. The zero-order valence-corrected chi connectivity index (χ0v) is 23.2. The van der Waals surface area contributed by atoms with Crippen molar-refractivity contribution >= 4 is 29.2 Å². The van der Waals surface area contributed by atoms with E-state index in [-0.39, 0.29) is 30.4 Å². The highest BCUT2D eigenvalue weighted by Crippen LogP contribution is 2.22. The van der Waals surface area contributed by atoms with Crippen molar-refractivity contribution in [2.24, 2.45) is 11.7 Å². The van der Waals surface area contributed by atoms with E-state index in [0.29, 0.717) is 18.2 Å². The Bertz CT molecular complexity index is 1130. The normalized spacial score (nSPS) is 21.5. The third-order valence-electron chi connectivity index (χ3n) is 8.15. The van der Waals surface area contributed by atoms with E-state index in [1.165, 1.54) is 4.90 Å². The van der Waals surface area contributed by atoms with Crippen molar-refractivity contribution in [1.82, 2.24) is 20.0 Å². The number of imide groups is 1. The molecule has 0 bridgehead atoms. The van der Waals surface area contributed by atoms with Gasteiger partial charge in [-0.1, -0.05) is 12.1 Å². The van der Waals surface area contributed by atoms with Crippen LogP contribution in [0.25, 0.3) is 0 Å². The lowest BCUT2D eigenvalue weighted by atomic mass is 9.95. The number of hydrogen-bond donors (Lipinski definition) is 4. The summed E-state index contributed by atoms with van der Waals surface area (Å²) in [6.45, 7) is 6.69. The molecule has 40 heavy (non-hydrogen) atoms. The van der Waals surface area contributed by atoms with Gasteiger partial charge in [0.05, 0.1) is 12.1 Å². The highest BCUT2D eigenvalue weighted by atomic mass is 16.2. The highest BCUT2D eigenvalue weighted by molar-refractivity contribution is 6.01. The fraction of sp³-hybridized carbons (Fsp3) is 0.517. The van der Waals surface area contributed by atoms with E-state index in [0.717, 1.165) is 76.2 Å². The van der Waals surface area contributed by atoms with E-state index >= 15 is 0 Å². The van der Waals surface area contributed by atoms with Crippen LogP contribution in [0.5, 0.6) is 0 Å². The van der Waals surface area contributed by atoms with E-state index in [9.17, 15) is 14.4 Å². The van der Waals surface area contributed by atoms with E-state index in [1.54, 1.807) is 19.2 Å². The number of benzene rings is 1. The van der Waals surface area contributed by atoms with Crippen molar-refractivity contribution in [2.75, 3.05) is 57.8 Å². The number of amides is 3.